The molecular weight excluding hydrogens is 483 g/mol. The van der Waals surface area contributed by atoms with Gasteiger partial charge in [0.1, 0.15) is 26.9 Å². The zero-order valence-electron chi connectivity index (χ0n) is 19.5. The molecule has 4 heterocycles. The topological polar surface area (TPSA) is 126 Å². The third kappa shape index (κ3) is 4.27. The number of pyridine rings is 1. The molecule has 0 aliphatic carbocycles. The first-order valence-corrected chi connectivity index (χ1v) is 12.2. The average molecular weight is 506 g/mol. The molecular formula is C21H22F3N9OS. The molecule has 35 heavy (non-hydrogen) atoms. The first-order chi connectivity index (χ1) is 16.3. The van der Waals surface area contributed by atoms with Crippen molar-refractivity contribution in [2.45, 2.75) is 44.4 Å². The molecule has 0 saturated carbocycles. The first kappa shape index (κ1) is 24.4. The first-order valence-electron chi connectivity index (χ1n) is 10.5. The molecule has 1 atom stereocenters. The SMILES string of the molecule is CCS(=O)(=NC#N)c1nn2c(NC(C)(C)C)ccnc2c1-c1nc2cc(C(F)(F)F)cnc2n1C. The smallest absolute Gasteiger partial charge is 0.365 e. The van der Waals surface area contributed by atoms with Gasteiger partial charge in [-0.1, -0.05) is 6.92 Å². The van der Waals surface area contributed by atoms with Crippen molar-refractivity contribution in [2.24, 2.45) is 11.4 Å². The molecule has 0 aliphatic heterocycles. The number of hydrogen-bond donors (Lipinski definition) is 1. The Kier molecular flexibility index (Phi) is 5.71. The maximum Gasteiger partial charge on any atom is 0.417 e. The van der Waals surface area contributed by atoms with E-state index in [1.165, 1.54) is 15.3 Å². The average Bonchev–Trinajstić information content (AvgIpc) is 3.31. The number of nitrogens with zero attached hydrogens (tertiary/aromatic N) is 8. The lowest BCUT2D eigenvalue weighted by Crippen LogP contribution is -2.27. The van der Waals surface area contributed by atoms with Gasteiger partial charge < -0.3 is 9.88 Å². The van der Waals surface area contributed by atoms with Crippen molar-refractivity contribution >= 4 is 32.4 Å². The van der Waals surface area contributed by atoms with E-state index in [0.29, 0.717) is 5.82 Å². The van der Waals surface area contributed by atoms with Crippen LogP contribution >= 0.6 is 0 Å². The van der Waals surface area contributed by atoms with Gasteiger partial charge in [0, 0.05) is 30.7 Å². The summed E-state index contributed by atoms with van der Waals surface area (Å²) < 4.78 is 60.0. The number of nitrogens with one attached hydrogen (secondary N) is 1. The highest BCUT2D eigenvalue weighted by atomic mass is 32.2. The second-order valence-electron chi connectivity index (χ2n) is 8.80. The molecule has 1 unspecified atom stereocenters. The van der Waals surface area contributed by atoms with Crippen LogP contribution in [-0.2, 0) is 23.0 Å². The van der Waals surface area contributed by atoms with Crippen LogP contribution in [0.4, 0.5) is 19.0 Å². The summed E-state index contributed by atoms with van der Waals surface area (Å²) in [5.74, 6) is 0.646. The van der Waals surface area contributed by atoms with Crippen molar-refractivity contribution in [3.8, 4) is 17.6 Å². The molecule has 184 valence electrons. The van der Waals surface area contributed by atoms with Crippen LogP contribution in [0.1, 0.15) is 33.3 Å². The molecule has 0 radical (unpaired) electrons. The molecule has 4 aromatic rings. The van der Waals surface area contributed by atoms with Gasteiger partial charge in [-0.05, 0) is 32.9 Å². The van der Waals surface area contributed by atoms with Crippen molar-refractivity contribution < 1.29 is 17.4 Å². The minimum atomic E-state index is -4.59. The predicted octanol–water partition coefficient (Wildman–Crippen LogP) is 4.24. The summed E-state index contributed by atoms with van der Waals surface area (Å²) in [6.07, 6.45) is -0.738. The summed E-state index contributed by atoms with van der Waals surface area (Å²) in [5.41, 5.74) is -0.685. The third-order valence-electron chi connectivity index (χ3n) is 5.13. The number of halogens is 3. The molecule has 4 aromatic heterocycles. The Hall–Kier alpha value is -3.73. The van der Waals surface area contributed by atoms with Gasteiger partial charge in [0.15, 0.2) is 16.3 Å². The second kappa shape index (κ2) is 8.19. The highest BCUT2D eigenvalue weighted by Gasteiger charge is 2.33. The van der Waals surface area contributed by atoms with Gasteiger partial charge in [-0.3, -0.25) is 0 Å². The summed E-state index contributed by atoms with van der Waals surface area (Å²) in [6.45, 7) is 7.44. The Morgan fingerprint density at radius 3 is 2.54 bits per heavy atom. The van der Waals surface area contributed by atoms with Gasteiger partial charge >= 0.3 is 6.18 Å². The molecule has 10 nitrogen and oxygen atoms in total. The number of alkyl halides is 3. The summed E-state index contributed by atoms with van der Waals surface area (Å²) in [4.78, 5) is 12.7. The van der Waals surface area contributed by atoms with Gasteiger partial charge in [-0.25, -0.2) is 19.2 Å². The standard InChI is InChI=1S/C21H22F3N9OS/c1-6-35(34,28-11-25)19-15(17-26-8-7-14(33(17)31-19)30-20(2,3)4)18-29-13-9-12(21(22,23)24)10-27-16(13)32(18)5/h7-10,30H,6H2,1-5H3. The van der Waals surface area contributed by atoms with Crippen LogP contribution < -0.4 is 5.32 Å². The Bertz CT molecular complexity index is 1610. The molecule has 0 fully saturated rings. The molecule has 0 amide bonds. The minimum Gasteiger partial charge on any atom is -0.365 e. The van der Waals surface area contributed by atoms with Crippen molar-refractivity contribution in [3.05, 3.63) is 30.1 Å². The number of fused-ring (bicyclic) bond motifs is 2. The molecule has 0 saturated heterocycles. The van der Waals surface area contributed by atoms with E-state index in [1.807, 2.05) is 20.8 Å². The number of hydrogen-bond acceptors (Lipinski definition) is 8. The van der Waals surface area contributed by atoms with Crippen molar-refractivity contribution in [1.82, 2.24) is 29.1 Å². The predicted molar refractivity (Wildman–Crippen MR) is 124 cm³/mol. The Labute approximate surface area is 199 Å². The molecule has 4 rings (SSSR count). The van der Waals surface area contributed by atoms with Gasteiger partial charge in [-0.2, -0.15) is 28.0 Å². The van der Waals surface area contributed by atoms with E-state index in [9.17, 15) is 22.6 Å². The lowest BCUT2D eigenvalue weighted by atomic mass is 10.1. The van der Waals surface area contributed by atoms with Gasteiger partial charge in [0.05, 0.1) is 11.1 Å². The van der Waals surface area contributed by atoms with E-state index < -0.39 is 21.5 Å². The fourth-order valence-electron chi connectivity index (χ4n) is 3.59. The van der Waals surface area contributed by atoms with Crippen molar-refractivity contribution in [1.29, 1.82) is 5.26 Å². The lowest BCUT2D eigenvalue weighted by molar-refractivity contribution is -0.137. The number of imidazole rings is 1. The number of aryl methyl sites for hydroxylation is 1. The zero-order valence-corrected chi connectivity index (χ0v) is 20.4. The fourth-order valence-corrected chi connectivity index (χ4v) is 4.92. The van der Waals surface area contributed by atoms with Crippen LogP contribution in [0, 0.1) is 11.5 Å². The number of nitriles is 1. The van der Waals surface area contributed by atoms with Crippen LogP contribution in [-0.4, -0.2) is 44.6 Å². The fraction of sp³-hybridized carbons (Fsp3) is 0.381. The molecule has 1 N–H and O–H groups in total. The summed E-state index contributed by atoms with van der Waals surface area (Å²) in [7, 11) is -1.76. The third-order valence-corrected chi connectivity index (χ3v) is 7.18. The van der Waals surface area contributed by atoms with Crippen LogP contribution in [0.5, 0.6) is 0 Å². The Morgan fingerprint density at radius 1 is 1.23 bits per heavy atom. The maximum absolute atomic E-state index is 13.7. The Morgan fingerprint density at radius 2 is 1.94 bits per heavy atom. The lowest BCUT2D eigenvalue weighted by Gasteiger charge is -2.22. The Balaban J connectivity index is 2.11. The quantitative estimate of drug-likeness (QED) is 0.411. The normalized spacial score (nSPS) is 14.1. The van der Waals surface area contributed by atoms with Crippen LogP contribution in [0.25, 0.3) is 28.2 Å². The van der Waals surface area contributed by atoms with Crippen LogP contribution in [0.3, 0.4) is 0 Å². The van der Waals surface area contributed by atoms with Crippen LogP contribution in [0.15, 0.2) is 33.9 Å². The second-order valence-corrected chi connectivity index (χ2v) is 11.2. The summed E-state index contributed by atoms with van der Waals surface area (Å²) in [5, 5.41) is 17.0. The summed E-state index contributed by atoms with van der Waals surface area (Å²) >= 11 is 0. The van der Waals surface area contributed by atoms with E-state index in [4.69, 9.17) is 0 Å². The zero-order chi connectivity index (χ0) is 25.8. The highest BCUT2D eigenvalue weighted by Crippen LogP contribution is 2.36. The maximum atomic E-state index is 13.7. The van der Waals surface area contributed by atoms with E-state index in [-0.39, 0.29) is 44.5 Å². The minimum absolute atomic E-state index is 0.00758. The molecule has 0 aliphatic rings. The van der Waals surface area contributed by atoms with Gasteiger partial charge in [-0.15, -0.1) is 4.36 Å². The van der Waals surface area contributed by atoms with E-state index in [0.717, 1.165) is 12.3 Å². The van der Waals surface area contributed by atoms with E-state index in [1.54, 1.807) is 26.2 Å². The monoisotopic (exact) mass is 505 g/mol. The highest BCUT2D eigenvalue weighted by molar-refractivity contribution is 7.93. The molecule has 0 bridgehead atoms. The van der Waals surface area contributed by atoms with Crippen LogP contribution in [0.2, 0.25) is 0 Å². The van der Waals surface area contributed by atoms with E-state index in [2.05, 4.69) is 29.7 Å². The molecule has 0 spiro atoms. The number of anilines is 1. The molecule has 0 aromatic carbocycles. The number of aromatic nitrogens is 6. The van der Waals surface area contributed by atoms with Crippen molar-refractivity contribution in [2.75, 3.05) is 11.1 Å². The van der Waals surface area contributed by atoms with Gasteiger partial charge in [0.2, 0.25) is 6.19 Å². The molecule has 14 heteroatoms. The van der Waals surface area contributed by atoms with Crippen molar-refractivity contribution in [3.63, 3.8) is 0 Å². The number of rotatable bonds is 4. The van der Waals surface area contributed by atoms with Gasteiger partial charge in [0.25, 0.3) is 0 Å². The summed E-state index contributed by atoms with van der Waals surface area (Å²) in [6, 6.07) is 2.58. The van der Waals surface area contributed by atoms with E-state index >= 15 is 0 Å². The largest absolute Gasteiger partial charge is 0.417 e.